The first kappa shape index (κ1) is 18.7. The van der Waals surface area contributed by atoms with Crippen molar-refractivity contribution in [3.05, 3.63) is 95.1 Å². The Kier molecular flexibility index (Phi) is 5.13. The smallest absolute Gasteiger partial charge is 0.237 e. The third-order valence-corrected chi connectivity index (χ3v) is 4.13. The van der Waals surface area contributed by atoms with E-state index in [0.717, 1.165) is 0 Å². The summed E-state index contributed by atoms with van der Waals surface area (Å²) in [5.41, 5.74) is -0.933. The second-order valence-corrected chi connectivity index (χ2v) is 5.90. The minimum atomic E-state index is -1.03. The van der Waals surface area contributed by atoms with Crippen molar-refractivity contribution in [1.82, 2.24) is 0 Å². The van der Waals surface area contributed by atoms with Gasteiger partial charge < -0.3 is 10.2 Å². The molecule has 0 aliphatic rings. The maximum Gasteiger partial charge on any atom is 0.237 e. The molecule has 0 heterocycles. The van der Waals surface area contributed by atoms with Gasteiger partial charge in [-0.3, -0.25) is 19.2 Å². The van der Waals surface area contributed by atoms with Crippen LogP contribution in [0.3, 0.4) is 0 Å². The van der Waals surface area contributed by atoms with Crippen LogP contribution in [0.4, 0.5) is 0 Å². The lowest BCUT2D eigenvalue weighted by Crippen LogP contribution is -2.22. The van der Waals surface area contributed by atoms with E-state index in [1.165, 1.54) is 72.8 Å². The van der Waals surface area contributed by atoms with Gasteiger partial charge in [-0.15, -0.1) is 0 Å². The first-order valence-electron chi connectivity index (χ1n) is 8.25. The standard InChI is InChI=1S/C22H14O6/c23-17-11-5-3-9-15(17)21(27)19(25)13-7-1-2-8-14(13)20(26)22(28)16-10-4-6-12-18(16)24/h1-12,23-24H. The molecule has 0 aromatic heterocycles. The van der Waals surface area contributed by atoms with Gasteiger partial charge in [-0.2, -0.15) is 0 Å². The summed E-state index contributed by atoms with van der Waals surface area (Å²) in [5, 5.41) is 19.6. The number of phenolic OH excluding ortho intramolecular Hbond substituents is 2. The normalized spacial score (nSPS) is 10.3. The lowest BCUT2D eigenvalue weighted by atomic mass is 9.92. The van der Waals surface area contributed by atoms with Crippen molar-refractivity contribution < 1.29 is 29.4 Å². The molecule has 3 aromatic carbocycles. The maximum atomic E-state index is 12.7. The number of benzene rings is 3. The largest absolute Gasteiger partial charge is 0.507 e. The van der Waals surface area contributed by atoms with Crippen molar-refractivity contribution in [1.29, 1.82) is 0 Å². The number of para-hydroxylation sites is 2. The van der Waals surface area contributed by atoms with Gasteiger partial charge in [0.1, 0.15) is 11.5 Å². The van der Waals surface area contributed by atoms with Gasteiger partial charge in [-0.1, -0.05) is 48.5 Å². The molecule has 0 atom stereocenters. The zero-order valence-corrected chi connectivity index (χ0v) is 14.5. The van der Waals surface area contributed by atoms with Crippen LogP contribution in [0.5, 0.6) is 11.5 Å². The summed E-state index contributed by atoms with van der Waals surface area (Å²) in [5.74, 6) is -4.81. The fourth-order valence-corrected chi connectivity index (χ4v) is 2.70. The van der Waals surface area contributed by atoms with Crippen LogP contribution in [0.25, 0.3) is 0 Å². The summed E-state index contributed by atoms with van der Waals surface area (Å²) < 4.78 is 0. The lowest BCUT2D eigenvalue weighted by Gasteiger charge is -2.08. The molecule has 0 saturated heterocycles. The van der Waals surface area contributed by atoms with E-state index in [0.29, 0.717) is 0 Å². The predicted molar refractivity (Wildman–Crippen MR) is 100.0 cm³/mol. The molecule has 6 heteroatoms. The van der Waals surface area contributed by atoms with Gasteiger partial charge in [-0.25, -0.2) is 0 Å². The zero-order valence-electron chi connectivity index (χ0n) is 14.5. The molecule has 138 valence electrons. The van der Waals surface area contributed by atoms with Gasteiger partial charge in [0.2, 0.25) is 23.1 Å². The van der Waals surface area contributed by atoms with Crippen molar-refractivity contribution in [3.63, 3.8) is 0 Å². The van der Waals surface area contributed by atoms with Gasteiger partial charge in [0.05, 0.1) is 11.1 Å². The van der Waals surface area contributed by atoms with Crippen LogP contribution in [0.1, 0.15) is 41.4 Å². The maximum absolute atomic E-state index is 12.7. The van der Waals surface area contributed by atoms with Gasteiger partial charge >= 0.3 is 0 Å². The second-order valence-electron chi connectivity index (χ2n) is 5.90. The minimum Gasteiger partial charge on any atom is -0.507 e. The summed E-state index contributed by atoms with van der Waals surface area (Å²) in [7, 11) is 0. The second kappa shape index (κ2) is 7.67. The number of hydrogen-bond donors (Lipinski definition) is 2. The highest BCUT2D eigenvalue weighted by Crippen LogP contribution is 2.22. The number of aromatic hydroxyl groups is 2. The molecular formula is C22H14O6. The first-order valence-corrected chi connectivity index (χ1v) is 8.25. The van der Waals surface area contributed by atoms with Gasteiger partial charge in [-0.05, 0) is 24.3 Å². The zero-order chi connectivity index (χ0) is 20.3. The summed E-state index contributed by atoms with van der Waals surface area (Å²) in [4.78, 5) is 50.3. The number of rotatable bonds is 6. The molecule has 0 amide bonds. The number of carbonyl (C=O) groups excluding carboxylic acids is 4. The molecule has 3 aromatic rings. The molecule has 0 saturated carbocycles. The van der Waals surface area contributed by atoms with Gasteiger partial charge in [0.15, 0.2) is 0 Å². The summed E-state index contributed by atoms with van der Waals surface area (Å²) in [6.07, 6.45) is 0. The molecule has 0 aliphatic heterocycles. The average molecular weight is 374 g/mol. The average Bonchev–Trinajstić information content (AvgIpc) is 2.72. The Labute approximate surface area is 159 Å². The Hall–Kier alpha value is -4.06. The highest BCUT2D eigenvalue weighted by Gasteiger charge is 2.28. The fraction of sp³-hybridized carbons (Fsp3) is 0. The fourth-order valence-electron chi connectivity index (χ4n) is 2.70. The Bertz CT molecular complexity index is 1020. The molecule has 0 radical (unpaired) electrons. The van der Waals surface area contributed by atoms with E-state index in [1.807, 2.05) is 0 Å². The molecule has 0 spiro atoms. The van der Waals surface area contributed by atoms with E-state index in [-0.39, 0.29) is 33.8 Å². The van der Waals surface area contributed by atoms with Crippen molar-refractivity contribution in [3.8, 4) is 11.5 Å². The lowest BCUT2D eigenvalue weighted by molar-refractivity contribution is 0.0799. The number of Topliss-reactive ketones (excluding diaryl/α,β-unsaturated/α-hetero) is 4. The number of phenols is 2. The van der Waals surface area contributed by atoms with Crippen LogP contribution in [-0.4, -0.2) is 33.3 Å². The van der Waals surface area contributed by atoms with Crippen LogP contribution < -0.4 is 0 Å². The third-order valence-electron chi connectivity index (χ3n) is 4.13. The van der Waals surface area contributed by atoms with Crippen LogP contribution in [0, 0.1) is 0 Å². The molecule has 0 aliphatic carbocycles. The van der Waals surface area contributed by atoms with Crippen LogP contribution in [-0.2, 0) is 0 Å². The number of hydrogen-bond acceptors (Lipinski definition) is 6. The first-order chi connectivity index (χ1) is 13.4. The van der Waals surface area contributed by atoms with Crippen molar-refractivity contribution in [2.24, 2.45) is 0 Å². The highest BCUT2D eigenvalue weighted by molar-refractivity contribution is 6.55. The van der Waals surface area contributed by atoms with Gasteiger partial charge in [0, 0.05) is 11.1 Å². The Morgan fingerprint density at radius 3 is 1.00 bits per heavy atom. The van der Waals surface area contributed by atoms with Crippen LogP contribution in [0.2, 0.25) is 0 Å². The van der Waals surface area contributed by atoms with E-state index in [9.17, 15) is 29.4 Å². The molecule has 3 rings (SSSR count). The Morgan fingerprint density at radius 1 is 0.429 bits per heavy atom. The number of carbonyl (C=O) groups is 4. The van der Waals surface area contributed by atoms with Crippen LogP contribution >= 0.6 is 0 Å². The van der Waals surface area contributed by atoms with E-state index in [4.69, 9.17) is 0 Å². The monoisotopic (exact) mass is 374 g/mol. The summed E-state index contributed by atoms with van der Waals surface area (Å²) >= 11 is 0. The van der Waals surface area contributed by atoms with Crippen molar-refractivity contribution >= 4 is 23.1 Å². The minimum absolute atomic E-state index is 0.207. The molecule has 0 bridgehead atoms. The Balaban J connectivity index is 2.00. The molecule has 0 fully saturated rings. The van der Waals surface area contributed by atoms with Crippen LogP contribution in [0.15, 0.2) is 72.8 Å². The number of ketones is 4. The van der Waals surface area contributed by atoms with E-state index >= 15 is 0 Å². The van der Waals surface area contributed by atoms with Crippen molar-refractivity contribution in [2.45, 2.75) is 0 Å². The van der Waals surface area contributed by atoms with E-state index in [1.54, 1.807) is 0 Å². The quantitative estimate of drug-likeness (QED) is 0.506. The third kappa shape index (κ3) is 3.43. The molecule has 28 heavy (non-hydrogen) atoms. The predicted octanol–water partition coefficient (Wildman–Crippen LogP) is 3.23. The van der Waals surface area contributed by atoms with Crippen molar-refractivity contribution in [2.75, 3.05) is 0 Å². The van der Waals surface area contributed by atoms with E-state index < -0.39 is 23.1 Å². The SMILES string of the molecule is O=C(C(=O)c1ccccc1C(=O)C(=O)c1ccccc1O)c1ccccc1O. The molecule has 2 N–H and O–H groups in total. The molecule has 0 unspecified atom stereocenters. The summed E-state index contributed by atoms with van der Waals surface area (Å²) in [6, 6.07) is 16.5. The molecule has 6 nitrogen and oxygen atoms in total. The summed E-state index contributed by atoms with van der Waals surface area (Å²) in [6.45, 7) is 0. The van der Waals surface area contributed by atoms with Gasteiger partial charge in [0.25, 0.3) is 0 Å². The topological polar surface area (TPSA) is 109 Å². The van der Waals surface area contributed by atoms with E-state index in [2.05, 4.69) is 0 Å². The highest BCUT2D eigenvalue weighted by atomic mass is 16.3. The Morgan fingerprint density at radius 2 is 0.679 bits per heavy atom. The molecular weight excluding hydrogens is 360 g/mol.